The fourth-order valence-electron chi connectivity index (χ4n) is 1.33. The number of carbonyl (C=O) groups excluding carboxylic acids is 1. The predicted octanol–water partition coefficient (Wildman–Crippen LogP) is 1.60. The molecule has 0 aromatic heterocycles. The molecule has 0 bridgehead atoms. The molecule has 0 N–H and O–H groups in total. The quantitative estimate of drug-likeness (QED) is 0.367. The minimum atomic E-state index is 0.288. The lowest BCUT2D eigenvalue weighted by molar-refractivity contribution is -0.116. The van der Waals surface area contributed by atoms with Crippen molar-refractivity contribution in [3.05, 3.63) is 11.6 Å². The Balaban J connectivity index is 2.53. The van der Waals surface area contributed by atoms with Gasteiger partial charge >= 0.3 is 0 Å². The van der Waals surface area contributed by atoms with Crippen molar-refractivity contribution in [3.8, 4) is 0 Å². The Morgan fingerprint density at radius 1 is 1.31 bits per heavy atom. The fourth-order valence-corrected chi connectivity index (χ4v) is 1.33. The average molecular weight is 180 g/mol. The van der Waals surface area contributed by atoms with Crippen molar-refractivity contribution in [2.24, 2.45) is 5.10 Å². The van der Waals surface area contributed by atoms with E-state index in [4.69, 9.17) is 0 Å². The lowest BCUT2D eigenvalue weighted by atomic mass is 9.93. The Kier molecular flexibility index (Phi) is 3.68. The molecule has 0 atom stereocenters. The van der Waals surface area contributed by atoms with Crippen LogP contribution in [0.2, 0.25) is 0 Å². The Labute approximate surface area is 79.1 Å². The van der Waals surface area contributed by atoms with Crippen LogP contribution in [0, 0.1) is 0 Å². The third-order valence-corrected chi connectivity index (χ3v) is 2.03. The molecule has 0 saturated heterocycles. The molecular formula is C10H16N2O. The van der Waals surface area contributed by atoms with Gasteiger partial charge in [-0.1, -0.05) is 0 Å². The van der Waals surface area contributed by atoms with Crippen LogP contribution in [-0.4, -0.2) is 31.1 Å². The molecular weight excluding hydrogens is 164 g/mol. The molecule has 1 aliphatic rings. The van der Waals surface area contributed by atoms with E-state index in [0.29, 0.717) is 6.42 Å². The van der Waals surface area contributed by atoms with E-state index in [1.807, 2.05) is 20.2 Å². The molecule has 0 spiro atoms. The first kappa shape index (κ1) is 9.96. The van der Waals surface area contributed by atoms with Crippen LogP contribution in [-0.2, 0) is 4.79 Å². The van der Waals surface area contributed by atoms with Gasteiger partial charge in [-0.3, -0.25) is 4.79 Å². The summed E-state index contributed by atoms with van der Waals surface area (Å²) in [5.74, 6) is 0.288. The molecule has 0 aliphatic heterocycles. The summed E-state index contributed by atoms with van der Waals surface area (Å²) >= 11 is 0. The van der Waals surface area contributed by atoms with E-state index in [1.54, 1.807) is 11.2 Å². The van der Waals surface area contributed by atoms with E-state index < -0.39 is 0 Å². The Morgan fingerprint density at radius 3 is 2.62 bits per heavy atom. The molecule has 1 aliphatic carbocycles. The highest BCUT2D eigenvalue weighted by atomic mass is 16.1. The standard InChI is InChI=1S/C10H16N2O/c1-12(2)11-8-7-9-5-3-4-6-10(9)13/h7-8H,3-6H2,1-2H3. The van der Waals surface area contributed by atoms with Gasteiger partial charge in [0.25, 0.3) is 0 Å². The normalized spacial score (nSPS) is 21.4. The second-order valence-electron chi connectivity index (χ2n) is 3.43. The minimum absolute atomic E-state index is 0.288. The summed E-state index contributed by atoms with van der Waals surface area (Å²) in [6.45, 7) is 0. The summed E-state index contributed by atoms with van der Waals surface area (Å²) in [5.41, 5.74) is 0.928. The molecule has 3 nitrogen and oxygen atoms in total. The molecule has 3 heteroatoms. The van der Waals surface area contributed by atoms with E-state index in [1.165, 1.54) is 0 Å². The van der Waals surface area contributed by atoms with Gasteiger partial charge in [0.2, 0.25) is 0 Å². The van der Waals surface area contributed by atoms with Gasteiger partial charge in [0, 0.05) is 26.7 Å². The molecule has 1 rings (SSSR count). The molecule has 1 saturated carbocycles. The predicted molar refractivity (Wildman–Crippen MR) is 53.7 cm³/mol. The first-order valence-corrected chi connectivity index (χ1v) is 4.64. The third kappa shape index (κ3) is 3.40. The van der Waals surface area contributed by atoms with Crippen molar-refractivity contribution in [2.45, 2.75) is 25.7 Å². The first-order valence-electron chi connectivity index (χ1n) is 4.64. The van der Waals surface area contributed by atoms with Gasteiger partial charge in [-0.25, -0.2) is 0 Å². The number of rotatable bonds is 2. The molecule has 0 amide bonds. The zero-order valence-electron chi connectivity index (χ0n) is 8.29. The Morgan fingerprint density at radius 2 is 2.00 bits per heavy atom. The second-order valence-corrected chi connectivity index (χ2v) is 3.43. The highest BCUT2D eigenvalue weighted by molar-refractivity contribution is 5.99. The van der Waals surface area contributed by atoms with E-state index in [9.17, 15) is 4.79 Å². The van der Waals surface area contributed by atoms with Gasteiger partial charge in [0.05, 0.1) is 0 Å². The van der Waals surface area contributed by atoms with Gasteiger partial charge in [0.15, 0.2) is 5.78 Å². The summed E-state index contributed by atoms with van der Waals surface area (Å²) in [5, 5.41) is 5.75. The van der Waals surface area contributed by atoms with Crippen LogP contribution < -0.4 is 0 Å². The minimum Gasteiger partial charge on any atom is -0.303 e. The van der Waals surface area contributed by atoms with Crippen molar-refractivity contribution >= 4 is 12.0 Å². The van der Waals surface area contributed by atoms with Crippen LogP contribution >= 0.6 is 0 Å². The van der Waals surface area contributed by atoms with Crippen LogP contribution in [0.3, 0.4) is 0 Å². The lowest BCUT2D eigenvalue weighted by Gasteiger charge is -2.11. The maximum absolute atomic E-state index is 11.3. The van der Waals surface area contributed by atoms with Crippen LogP contribution in [0.4, 0.5) is 0 Å². The van der Waals surface area contributed by atoms with Gasteiger partial charge in [0.1, 0.15) is 0 Å². The molecule has 0 aromatic carbocycles. The van der Waals surface area contributed by atoms with E-state index >= 15 is 0 Å². The maximum atomic E-state index is 11.3. The smallest absolute Gasteiger partial charge is 0.158 e. The number of Topliss-reactive ketones (excluding diaryl/α,β-unsaturated/α-hetero) is 1. The molecule has 13 heavy (non-hydrogen) atoms. The summed E-state index contributed by atoms with van der Waals surface area (Å²) in [6.07, 6.45) is 7.33. The first-order chi connectivity index (χ1) is 6.20. The molecule has 0 aromatic rings. The summed E-state index contributed by atoms with van der Waals surface area (Å²) in [6, 6.07) is 0. The summed E-state index contributed by atoms with van der Waals surface area (Å²) < 4.78 is 0. The zero-order valence-corrected chi connectivity index (χ0v) is 8.29. The number of allylic oxidation sites excluding steroid dienone is 2. The number of nitrogens with zero attached hydrogens (tertiary/aromatic N) is 2. The van der Waals surface area contributed by atoms with Gasteiger partial charge in [-0.15, -0.1) is 0 Å². The van der Waals surface area contributed by atoms with Crippen LogP contribution in [0.5, 0.6) is 0 Å². The number of hydrogen-bond acceptors (Lipinski definition) is 3. The van der Waals surface area contributed by atoms with Crippen molar-refractivity contribution in [2.75, 3.05) is 14.1 Å². The third-order valence-electron chi connectivity index (χ3n) is 2.03. The van der Waals surface area contributed by atoms with Crippen LogP contribution in [0.1, 0.15) is 25.7 Å². The monoisotopic (exact) mass is 180 g/mol. The number of hydrazone groups is 1. The molecule has 72 valence electrons. The molecule has 1 fully saturated rings. The summed E-state index contributed by atoms with van der Waals surface area (Å²) in [7, 11) is 3.72. The lowest BCUT2D eigenvalue weighted by Crippen LogP contribution is -2.08. The van der Waals surface area contributed by atoms with E-state index in [0.717, 1.165) is 24.8 Å². The van der Waals surface area contributed by atoms with Crippen LogP contribution in [0.15, 0.2) is 16.8 Å². The molecule has 0 heterocycles. The molecule has 0 radical (unpaired) electrons. The second kappa shape index (κ2) is 4.80. The SMILES string of the molecule is CN(C)N=CC=C1CCCCC1=O. The largest absolute Gasteiger partial charge is 0.303 e. The number of carbonyl (C=O) groups is 1. The Bertz CT molecular complexity index is 241. The zero-order chi connectivity index (χ0) is 9.68. The van der Waals surface area contributed by atoms with Crippen LogP contribution in [0.25, 0.3) is 0 Å². The number of hydrogen-bond donors (Lipinski definition) is 0. The maximum Gasteiger partial charge on any atom is 0.158 e. The topological polar surface area (TPSA) is 32.7 Å². The average Bonchev–Trinajstić information content (AvgIpc) is 2.08. The van der Waals surface area contributed by atoms with Gasteiger partial charge in [-0.05, 0) is 30.9 Å². The highest BCUT2D eigenvalue weighted by Gasteiger charge is 2.13. The molecule has 0 unspecified atom stereocenters. The van der Waals surface area contributed by atoms with Crippen molar-refractivity contribution in [1.82, 2.24) is 5.01 Å². The summed E-state index contributed by atoms with van der Waals surface area (Å²) in [4.78, 5) is 11.3. The van der Waals surface area contributed by atoms with Crippen molar-refractivity contribution in [3.63, 3.8) is 0 Å². The van der Waals surface area contributed by atoms with Crippen molar-refractivity contribution in [1.29, 1.82) is 0 Å². The van der Waals surface area contributed by atoms with Gasteiger partial charge in [-0.2, -0.15) is 5.10 Å². The van der Waals surface area contributed by atoms with Gasteiger partial charge < -0.3 is 5.01 Å². The number of ketones is 1. The van der Waals surface area contributed by atoms with E-state index in [2.05, 4.69) is 5.10 Å². The fraction of sp³-hybridized carbons (Fsp3) is 0.600. The van der Waals surface area contributed by atoms with Crippen molar-refractivity contribution < 1.29 is 4.79 Å². The Hall–Kier alpha value is -1.12. The highest BCUT2D eigenvalue weighted by Crippen LogP contribution is 2.18. The van der Waals surface area contributed by atoms with E-state index in [-0.39, 0.29) is 5.78 Å².